The van der Waals surface area contributed by atoms with Crippen molar-refractivity contribution < 1.29 is 9.59 Å². The van der Waals surface area contributed by atoms with Gasteiger partial charge in [-0.2, -0.15) is 0 Å². The second-order valence-electron chi connectivity index (χ2n) is 6.63. The van der Waals surface area contributed by atoms with Crippen LogP contribution >= 0.6 is 0 Å². The number of amides is 2. The number of rotatable bonds is 3. The summed E-state index contributed by atoms with van der Waals surface area (Å²) in [5, 5.41) is 3.38. The van der Waals surface area contributed by atoms with Gasteiger partial charge in [0, 0.05) is 44.3 Å². The van der Waals surface area contributed by atoms with E-state index in [1.54, 1.807) is 18.3 Å². The minimum atomic E-state index is -0.472. The number of pyridine rings is 1. The van der Waals surface area contributed by atoms with Crippen LogP contribution < -0.4 is 16.0 Å². The van der Waals surface area contributed by atoms with Crippen molar-refractivity contribution >= 4 is 17.6 Å². The van der Waals surface area contributed by atoms with Crippen LogP contribution in [0.5, 0.6) is 0 Å². The molecule has 0 aliphatic carbocycles. The van der Waals surface area contributed by atoms with Gasteiger partial charge in [-0.25, -0.2) is 4.98 Å². The highest BCUT2D eigenvalue weighted by Gasteiger charge is 2.31. The first-order valence-electron chi connectivity index (χ1n) is 8.58. The van der Waals surface area contributed by atoms with E-state index >= 15 is 0 Å². The average molecular weight is 331 g/mol. The van der Waals surface area contributed by atoms with Crippen molar-refractivity contribution in [3.05, 3.63) is 23.9 Å². The molecule has 7 heteroatoms. The summed E-state index contributed by atoms with van der Waals surface area (Å²) in [5.74, 6) is 0.538. The maximum atomic E-state index is 12.7. The second kappa shape index (κ2) is 7.17. The molecule has 24 heavy (non-hydrogen) atoms. The van der Waals surface area contributed by atoms with Crippen molar-refractivity contribution in [2.24, 2.45) is 11.7 Å². The minimum absolute atomic E-state index is 0.129. The van der Waals surface area contributed by atoms with Crippen LogP contribution in [0.25, 0.3) is 0 Å². The lowest BCUT2D eigenvalue weighted by Gasteiger charge is -2.38. The number of nitrogens with zero attached hydrogens (tertiary/aromatic N) is 3. The lowest BCUT2D eigenvalue weighted by atomic mass is 9.92. The Morgan fingerprint density at radius 1 is 1.29 bits per heavy atom. The van der Waals surface area contributed by atoms with Crippen LogP contribution in [0.1, 0.15) is 30.1 Å². The number of primary amides is 1. The van der Waals surface area contributed by atoms with E-state index in [9.17, 15) is 9.59 Å². The Morgan fingerprint density at radius 3 is 2.71 bits per heavy atom. The van der Waals surface area contributed by atoms with Gasteiger partial charge in [-0.05, 0) is 38.4 Å². The van der Waals surface area contributed by atoms with Gasteiger partial charge in [-0.1, -0.05) is 0 Å². The third-order valence-electron chi connectivity index (χ3n) is 4.92. The van der Waals surface area contributed by atoms with E-state index in [-0.39, 0.29) is 11.8 Å². The number of carbonyl (C=O) groups excluding carboxylic acids is 2. The molecule has 2 atom stereocenters. The number of hydrogen-bond acceptors (Lipinski definition) is 5. The molecule has 0 bridgehead atoms. The molecule has 3 rings (SSSR count). The van der Waals surface area contributed by atoms with Crippen LogP contribution in [0.15, 0.2) is 18.3 Å². The van der Waals surface area contributed by atoms with Crippen molar-refractivity contribution in [3.8, 4) is 0 Å². The van der Waals surface area contributed by atoms with Crippen LogP contribution in [0.2, 0.25) is 0 Å². The average Bonchev–Trinajstić information content (AvgIpc) is 2.61. The molecule has 7 nitrogen and oxygen atoms in total. The van der Waals surface area contributed by atoms with Gasteiger partial charge in [0.15, 0.2) is 0 Å². The first kappa shape index (κ1) is 16.7. The first-order chi connectivity index (χ1) is 11.6. The van der Waals surface area contributed by atoms with Crippen LogP contribution in [-0.4, -0.2) is 60.5 Å². The van der Waals surface area contributed by atoms with E-state index in [0.717, 1.165) is 19.4 Å². The summed E-state index contributed by atoms with van der Waals surface area (Å²) in [6, 6.07) is 3.81. The van der Waals surface area contributed by atoms with E-state index in [1.165, 1.54) is 0 Å². The highest BCUT2D eigenvalue weighted by atomic mass is 16.2. The largest absolute Gasteiger partial charge is 0.365 e. The molecule has 0 unspecified atom stereocenters. The maximum Gasteiger partial charge on any atom is 0.252 e. The summed E-state index contributed by atoms with van der Waals surface area (Å²) in [7, 11) is 0. The maximum absolute atomic E-state index is 12.7. The quantitative estimate of drug-likeness (QED) is 0.826. The number of piperazine rings is 1. The number of nitrogens with two attached hydrogens (primary N) is 1. The SMILES string of the molecule is C[C@H]1C[C@@H](C(=O)N2CCN(c3ncccc3C(N)=O)CC2)CCN1. The summed E-state index contributed by atoms with van der Waals surface area (Å²) in [6.07, 6.45) is 3.48. The molecule has 0 spiro atoms. The van der Waals surface area contributed by atoms with Crippen LogP contribution in [0.3, 0.4) is 0 Å². The highest BCUT2D eigenvalue weighted by Crippen LogP contribution is 2.22. The van der Waals surface area contributed by atoms with E-state index in [2.05, 4.69) is 17.2 Å². The van der Waals surface area contributed by atoms with Crippen LogP contribution in [-0.2, 0) is 4.79 Å². The summed E-state index contributed by atoms with van der Waals surface area (Å²) >= 11 is 0. The molecular formula is C17H25N5O2. The summed E-state index contributed by atoms with van der Waals surface area (Å²) in [6.45, 7) is 5.70. The lowest BCUT2D eigenvalue weighted by molar-refractivity contribution is -0.137. The zero-order valence-corrected chi connectivity index (χ0v) is 14.1. The standard InChI is InChI=1S/C17H25N5O2/c1-12-11-13(4-6-19-12)17(24)22-9-7-21(8-10-22)16-14(15(18)23)3-2-5-20-16/h2-3,5,12-13,19H,4,6-11H2,1H3,(H2,18,23)/t12-,13-/m0/s1. The first-order valence-corrected chi connectivity index (χ1v) is 8.58. The topological polar surface area (TPSA) is 91.6 Å². The van der Waals surface area contributed by atoms with Gasteiger partial charge in [0.1, 0.15) is 5.82 Å². The van der Waals surface area contributed by atoms with Gasteiger partial charge in [0.25, 0.3) is 5.91 Å². The van der Waals surface area contributed by atoms with Crippen molar-refractivity contribution in [1.82, 2.24) is 15.2 Å². The molecule has 2 saturated heterocycles. The van der Waals surface area contributed by atoms with Gasteiger partial charge in [0.05, 0.1) is 5.56 Å². The fourth-order valence-electron chi connectivity index (χ4n) is 3.59. The number of nitrogens with one attached hydrogen (secondary N) is 1. The Hall–Kier alpha value is -2.15. The van der Waals surface area contributed by atoms with Crippen molar-refractivity contribution in [3.63, 3.8) is 0 Å². The summed E-state index contributed by atoms with van der Waals surface area (Å²) in [5.41, 5.74) is 5.87. The Balaban J connectivity index is 1.62. The lowest BCUT2D eigenvalue weighted by Crippen LogP contribution is -2.52. The monoisotopic (exact) mass is 331 g/mol. The smallest absolute Gasteiger partial charge is 0.252 e. The molecule has 1 aromatic heterocycles. The Kier molecular flexibility index (Phi) is 4.99. The van der Waals surface area contributed by atoms with E-state index in [0.29, 0.717) is 43.6 Å². The molecule has 2 aliphatic heterocycles. The number of piperidine rings is 1. The summed E-state index contributed by atoms with van der Waals surface area (Å²) < 4.78 is 0. The fourth-order valence-corrected chi connectivity index (χ4v) is 3.59. The number of anilines is 1. The van der Waals surface area contributed by atoms with Crippen molar-refractivity contribution in [2.45, 2.75) is 25.8 Å². The van der Waals surface area contributed by atoms with Crippen molar-refractivity contribution in [1.29, 1.82) is 0 Å². The van der Waals surface area contributed by atoms with Crippen LogP contribution in [0, 0.1) is 5.92 Å². The predicted octanol–water partition coefficient (Wildman–Crippen LogP) is 0.217. The van der Waals surface area contributed by atoms with Gasteiger partial charge in [0.2, 0.25) is 5.91 Å². The number of aromatic nitrogens is 1. The third-order valence-corrected chi connectivity index (χ3v) is 4.92. The zero-order valence-electron chi connectivity index (χ0n) is 14.1. The molecule has 2 aliphatic rings. The number of carbonyl (C=O) groups is 2. The Morgan fingerprint density at radius 2 is 2.04 bits per heavy atom. The zero-order chi connectivity index (χ0) is 17.1. The molecule has 2 fully saturated rings. The fraction of sp³-hybridized carbons (Fsp3) is 0.588. The molecule has 0 saturated carbocycles. The Labute approximate surface area is 142 Å². The number of hydrogen-bond donors (Lipinski definition) is 2. The van der Waals surface area contributed by atoms with Crippen LogP contribution in [0.4, 0.5) is 5.82 Å². The van der Waals surface area contributed by atoms with Crippen molar-refractivity contribution in [2.75, 3.05) is 37.6 Å². The summed E-state index contributed by atoms with van der Waals surface area (Å²) in [4.78, 5) is 32.6. The highest BCUT2D eigenvalue weighted by molar-refractivity contribution is 5.97. The molecule has 2 amide bonds. The Bertz CT molecular complexity index is 613. The third kappa shape index (κ3) is 3.51. The van der Waals surface area contributed by atoms with E-state index in [4.69, 9.17) is 5.73 Å². The molecule has 3 N–H and O–H groups in total. The second-order valence-corrected chi connectivity index (χ2v) is 6.63. The minimum Gasteiger partial charge on any atom is -0.365 e. The molecule has 0 aromatic carbocycles. The molecular weight excluding hydrogens is 306 g/mol. The molecule has 130 valence electrons. The van der Waals surface area contributed by atoms with Gasteiger partial charge in [-0.3, -0.25) is 9.59 Å². The van der Waals surface area contributed by atoms with Gasteiger partial charge < -0.3 is 20.9 Å². The van der Waals surface area contributed by atoms with Gasteiger partial charge in [-0.15, -0.1) is 0 Å². The van der Waals surface area contributed by atoms with E-state index < -0.39 is 5.91 Å². The van der Waals surface area contributed by atoms with Gasteiger partial charge >= 0.3 is 0 Å². The van der Waals surface area contributed by atoms with E-state index in [1.807, 2.05) is 9.80 Å². The predicted molar refractivity (Wildman–Crippen MR) is 91.7 cm³/mol. The normalized spacial score (nSPS) is 24.7. The molecule has 0 radical (unpaired) electrons. The molecule has 3 heterocycles. The molecule has 1 aromatic rings.